The predicted molar refractivity (Wildman–Crippen MR) is 36.9 cm³/mol. The smallest absolute Gasteiger partial charge is 0.366 e. The van der Waals surface area contributed by atoms with Crippen LogP contribution in [0.15, 0.2) is 0 Å². The third-order valence-corrected chi connectivity index (χ3v) is 1.48. The molecule has 0 saturated carbocycles. The van der Waals surface area contributed by atoms with Crippen LogP contribution in [0.5, 0.6) is 0 Å². The number of carbonyl (C=O) groups excluding carboxylic acids is 1. The SMILES string of the molecule is CCOC(=O)C1(C)OCCO1. The summed E-state index contributed by atoms with van der Waals surface area (Å²) in [5.41, 5.74) is 0. The summed E-state index contributed by atoms with van der Waals surface area (Å²) < 4.78 is 14.9. The summed E-state index contributed by atoms with van der Waals surface area (Å²) in [7, 11) is 0. The van der Waals surface area contributed by atoms with Crippen molar-refractivity contribution in [2.45, 2.75) is 19.6 Å². The van der Waals surface area contributed by atoms with Crippen LogP contribution < -0.4 is 0 Å². The fourth-order valence-electron chi connectivity index (χ4n) is 0.895. The van der Waals surface area contributed by atoms with Crippen LogP contribution in [-0.2, 0) is 19.0 Å². The van der Waals surface area contributed by atoms with E-state index in [1.165, 1.54) is 0 Å². The van der Waals surface area contributed by atoms with Crippen molar-refractivity contribution >= 4 is 5.97 Å². The molecule has 0 aromatic rings. The summed E-state index contributed by atoms with van der Waals surface area (Å²) in [6, 6.07) is 0. The lowest BCUT2D eigenvalue weighted by molar-refractivity contribution is -0.200. The number of ether oxygens (including phenoxy) is 3. The number of esters is 1. The topological polar surface area (TPSA) is 44.8 Å². The molecule has 0 spiro atoms. The van der Waals surface area contributed by atoms with Crippen LogP contribution >= 0.6 is 0 Å². The Morgan fingerprint density at radius 1 is 1.55 bits per heavy atom. The molecule has 4 nitrogen and oxygen atoms in total. The van der Waals surface area contributed by atoms with E-state index in [0.29, 0.717) is 19.8 Å². The number of hydrogen-bond acceptors (Lipinski definition) is 4. The summed E-state index contributed by atoms with van der Waals surface area (Å²) >= 11 is 0. The largest absolute Gasteiger partial charge is 0.462 e. The number of rotatable bonds is 2. The lowest BCUT2D eigenvalue weighted by Crippen LogP contribution is -2.37. The zero-order valence-electron chi connectivity index (χ0n) is 6.75. The molecule has 0 amide bonds. The third kappa shape index (κ3) is 1.70. The Morgan fingerprint density at radius 2 is 2.09 bits per heavy atom. The van der Waals surface area contributed by atoms with Crippen molar-refractivity contribution in [1.82, 2.24) is 0 Å². The minimum absolute atomic E-state index is 0.348. The van der Waals surface area contributed by atoms with Gasteiger partial charge in [-0.3, -0.25) is 0 Å². The Kier molecular flexibility index (Phi) is 2.46. The third-order valence-electron chi connectivity index (χ3n) is 1.48. The molecule has 0 aromatic carbocycles. The van der Waals surface area contributed by atoms with Crippen LogP contribution in [0, 0.1) is 0 Å². The van der Waals surface area contributed by atoms with Crippen LogP contribution in [-0.4, -0.2) is 31.6 Å². The van der Waals surface area contributed by atoms with Crippen molar-refractivity contribution in [3.8, 4) is 0 Å². The molecule has 1 saturated heterocycles. The van der Waals surface area contributed by atoms with E-state index < -0.39 is 11.8 Å². The molecule has 0 radical (unpaired) electrons. The first-order valence-electron chi connectivity index (χ1n) is 3.64. The van der Waals surface area contributed by atoms with Gasteiger partial charge in [0.2, 0.25) is 0 Å². The van der Waals surface area contributed by atoms with Gasteiger partial charge in [-0.15, -0.1) is 0 Å². The monoisotopic (exact) mass is 160 g/mol. The summed E-state index contributed by atoms with van der Waals surface area (Å²) in [6.07, 6.45) is 0. The Hall–Kier alpha value is -0.610. The quantitative estimate of drug-likeness (QED) is 0.545. The van der Waals surface area contributed by atoms with Crippen LogP contribution in [0.4, 0.5) is 0 Å². The summed E-state index contributed by atoms with van der Waals surface area (Å²) in [5.74, 6) is -1.60. The van der Waals surface area contributed by atoms with Crippen LogP contribution in [0.25, 0.3) is 0 Å². The second-order valence-electron chi connectivity index (χ2n) is 2.36. The van der Waals surface area contributed by atoms with E-state index in [-0.39, 0.29) is 0 Å². The maximum Gasteiger partial charge on any atom is 0.366 e. The molecule has 4 heteroatoms. The molecule has 0 N–H and O–H groups in total. The lowest BCUT2D eigenvalue weighted by atomic mass is 10.3. The maximum absolute atomic E-state index is 11.1. The molecule has 1 aliphatic rings. The standard InChI is InChI=1S/C7H12O4/c1-3-9-6(8)7(2)10-4-5-11-7/h3-5H2,1-2H3. The Morgan fingerprint density at radius 3 is 2.55 bits per heavy atom. The average molecular weight is 160 g/mol. The molecule has 11 heavy (non-hydrogen) atoms. The normalized spacial score (nSPS) is 21.6. The second kappa shape index (κ2) is 3.19. The van der Waals surface area contributed by atoms with E-state index in [0.717, 1.165) is 0 Å². The Balaban J connectivity index is 2.49. The van der Waals surface area contributed by atoms with Gasteiger partial charge in [-0.1, -0.05) is 0 Å². The van der Waals surface area contributed by atoms with E-state index in [9.17, 15) is 4.79 Å². The molecule has 1 fully saturated rings. The van der Waals surface area contributed by atoms with Crippen LogP contribution in [0.2, 0.25) is 0 Å². The Bertz CT molecular complexity index is 149. The maximum atomic E-state index is 11.1. The summed E-state index contributed by atoms with van der Waals surface area (Å²) in [6.45, 7) is 4.57. The molecule has 0 aliphatic carbocycles. The van der Waals surface area contributed by atoms with Gasteiger partial charge in [0, 0.05) is 6.92 Å². The van der Waals surface area contributed by atoms with Crippen LogP contribution in [0.3, 0.4) is 0 Å². The zero-order chi connectivity index (χ0) is 8.32. The van der Waals surface area contributed by atoms with Crippen molar-refractivity contribution in [2.75, 3.05) is 19.8 Å². The first-order valence-corrected chi connectivity index (χ1v) is 3.64. The zero-order valence-corrected chi connectivity index (χ0v) is 6.75. The second-order valence-corrected chi connectivity index (χ2v) is 2.36. The van der Waals surface area contributed by atoms with Gasteiger partial charge in [0.15, 0.2) is 0 Å². The minimum atomic E-state index is -1.16. The molecule has 0 atom stereocenters. The van der Waals surface area contributed by atoms with Crippen LogP contribution in [0.1, 0.15) is 13.8 Å². The molecule has 64 valence electrons. The van der Waals surface area contributed by atoms with Crippen molar-refractivity contribution in [2.24, 2.45) is 0 Å². The summed E-state index contributed by atoms with van der Waals surface area (Å²) in [5, 5.41) is 0. The van der Waals surface area contributed by atoms with E-state index >= 15 is 0 Å². The predicted octanol–water partition coefficient (Wildman–Crippen LogP) is 0.312. The first kappa shape index (κ1) is 8.49. The van der Waals surface area contributed by atoms with Gasteiger partial charge >= 0.3 is 5.97 Å². The molecular formula is C7H12O4. The van der Waals surface area contributed by atoms with E-state index in [1.807, 2.05) is 0 Å². The molecule has 0 aromatic heterocycles. The number of hydrogen-bond donors (Lipinski definition) is 0. The molecule has 1 rings (SSSR count). The molecule has 1 heterocycles. The molecule has 0 bridgehead atoms. The summed E-state index contributed by atoms with van der Waals surface area (Å²) in [4.78, 5) is 11.1. The van der Waals surface area contributed by atoms with Gasteiger partial charge in [0.25, 0.3) is 5.79 Å². The highest BCUT2D eigenvalue weighted by Crippen LogP contribution is 2.19. The van der Waals surface area contributed by atoms with Gasteiger partial charge in [-0.2, -0.15) is 0 Å². The minimum Gasteiger partial charge on any atom is -0.462 e. The van der Waals surface area contributed by atoms with E-state index in [1.54, 1.807) is 13.8 Å². The fraction of sp³-hybridized carbons (Fsp3) is 0.857. The lowest BCUT2D eigenvalue weighted by Gasteiger charge is -2.18. The van der Waals surface area contributed by atoms with E-state index in [4.69, 9.17) is 14.2 Å². The Labute approximate surface area is 65.4 Å². The van der Waals surface area contributed by atoms with Crippen molar-refractivity contribution < 1.29 is 19.0 Å². The molecular weight excluding hydrogens is 148 g/mol. The molecule has 1 aliphatic heterocycles. The highest BCUT2D eigenvalue weighted by Gasteiger charge is 2.40. The van der Waals surface area contributed by atoms with Gasteiger partial charge in [0.1, 0.15) is 0 Å². The van der Waals surface area contributed by atoms with Crippen molar-refractivity contribution in [3.05, 3.63) is 0 Å². The molecule has 0 unspecified atom stereocenters. The fourth-order valence-corrected chi connectivity index (χ4v) is 0.895. The first-order chi connectivity index (χ1) is 5.19. The highest BCUT2D eigenvalue weighted by molar-refractivity contribution is 5.77. The van der Waals surface area contributed by atoms with Crippen molar-refractivity contribution in [3.63, 3.8) is 0 Å². The van der Waals surface area contributed by atoms with Crippen molar-refractivity contribution in [1.29, 1.82) is 0 Å². The van der Waals surface area contributed by atoms with Gasteiger partial charge in [-0.05, 0) is 6.92 Å². The number of carbonyl (C=O) groups is 1. The average Bonchev–Trinajstić information content (AvgIpc) is 2.38. The van der Waals surface area contributed by atoms with E-state index in [2.05, 4.69) is 0 Å². The van der Waals surface area contributed by atoms with Gasteiger partial charge < -0.3 is 14.2 Å². The highest BCUT2D eigenvalue weighted by atomic mass is 16.8. The van der Waals surface area contributed by atoms with Gasteiger partial charge in [-0.25, -0.2) is 4.79 Å². The van der Waals surface area contributed by atoms with Gasteiger partial charge in [0.05, 0.1) is 19.8 Å².